The van der Waals surface area contributed by atoms with E-state index in [1.54, 1.807) is 37.4 Å². The standard InChI is InChI=1S/C23H21N3O3S3/c1-16-21(31-23(24-16)20-9-6-14-30-20)22(27)25-18-10-12-19(13-11-18)32(28,29)26(2)15-17-7-4-3-5-8-17/h3-14H,15H2,1-2H3,(H,25,27). The van der Waals surface area contributed by atoms with Crippen LogP contribution in [0.3, 0.4) is 0 Å². The van der Waals surface area contributed by atoms with Crippen molar-refractivity contribution >= 4 is 44.3 Å². The summed E-state index contributed by atoms with van der Waals surface area (Å²) in [6.45, 7) is 2.08. The Morgan fingerprint density at radius 2 is 1.75 bits per heavy atom. The summed E-state index contributed by atoms with van der Waals surface area (Å²) in [5.74, 6) is -0.264. The smallest absolute Gasteiger partial charge is 0.267 e. The molecule has 0 aliphatic carbocycles. The molecule has 1 N–H and O–H groups in total. The van der Waals surface area contributed by atoms with Crippen molar-refractivity contribution in [2.75, 3.05) is 12.4 Å². The number of aromatic nitrogens is 1. The predicted octanol–water partition coefficient (Wildman–Crippen LogP) is 5.25. The van der Waals surface area contributed by atoms with Crippen molar-refractivity contribution in [2.24, 2.45) is 0 Å². The molecule has 4 aromatic rings. The number of carbonyl (C=O) groups is 1. The van der Waals surface area contributed by atoms with Gasteiger partial charge in [0.1, 0.15) is 9.88 Å². The molecule has 0 atom stereocenters. The fraction of sp³-hybridized carbons (Fsp3) is 0.130. The van der Waals surface area contributed by atoms with Gasteiger partial charge in [-0.25, -0.2) is 13.4 Å². The van der Waals surface area contributed by atoms with Crippen molar-refractivity contribution in [1.82, 2.24) is 9.29 Å². The Morgan fingerprint density at radius 3 is 2.41 bits per heavy atom. The van der Waals surface area contributed by atoms with E-state index in [9.17, 15) is 13.2 Å². The molecule has 0 spiro atoms. The lowest BCUT2D eigenvalue weighted by atomic mass is 10.2. The largest absolute Gasteiger partial charge is 0.321 e. The predicted molar refractivity (Wildman–Crippen MR) is 130 cm³/mol. The Bertz CT molecular complexity index is 1310. The van der Waals surface area contributed by atoms with E-state index in [0.29, 0.717) is 16.3 Å². The first-order chi connectivity index (χ1) is 15.3. The molecule has 1 amide bonds. The third-order valence-electron chi connectivity index (χ3n) is 4.80. The first-order valence-electron chi connectivity index (χ1n) is 9.77. The Labute approximate surface area is 195 Å². The Kier molecular flexibility index (Phi) is 6.52. The van der Waals surface area contributed by atoms with Gasteiger partial charge in [-0.3, -0.25) is 4.79 Å². The first-order valence-corrected chi connectivity index (χ1v) is 12.9. The summed E-state index contributed by atoms with van der Waals surface area (Å²) in [6.07, 6.45) is 0. The van der Waals surface area contributed by atoms with Crippen LogP contribution < -0.4 is 5.32 Å². The van der Waals surface area contributed by atoms with Crippen molar-refractivity contribution < 1.29 is 13.2 Å². The minimum atomic E-state index is -3.65. The molecule has 0 aliphatic heterocycles. The lowest BCUT2D eigenvalue weighted by molar-refractivity contribution is 0.103. The molecular formula is C23H21N3O3S3. The summed E-state index contributed by atoms with van der Waals surface area (Å²) >= 11 is 2.92. The molecule has 0 saturated heterocycles. The molecule has 0 radical (unpaired) electrons. The van der Waals surface area contributed by atoms with Crippen LogP contribution in [-0.2, 0) is 16.6 Å². The van der Waals surface area contributed by atoms with Gasteiger partial charge in [0, 0.05) is 19.3 Å². The summed E-state index contributed by atoms with van der Waals surface area (Å²) in [5.41, 5.74) is 2.09. The van der Waals surface area contributed by atoms with Crippen molar-refractivity contribution in [3.8, 4) is 9.88 Å². The van der Waals surface area contributed by atoms with E-state index >= 15 is 0 Å². The Morgan fingerprint density at radius 1 is 1.03 bits per heavy atom. The number of sulfonamides is 1. The van der Waals surface area contributed by atoms with Crippen LogP contribution in [0, 0.1) is 6.92 Å². The molecule has 0 unspecified atom stereocenters. The number of thiophene rings is 1. The van der Waals surface area contributed by atoms with Gasteiger partial charge in [0.25, 0.3) is 5.91 Å². The van der Waals surface area contributed by atoms with Crippen molar-refractivity contribution in [1.29, 1.82) is 0 Å². The van der Waals surface area contributed by atoms with Crippen LogP contribution >= 0.6 is 22.7 Å². The van der Waals surface area contributed by atoms with Gasteiger partial charge >= 0.3 is 0 Å². The van der Waals surface area contributed by atoms with Gasteiger partial charge in [-0.2, -0.15) is 4.31 Å². The average molecular weight is 484 g/mol. The number of nitrogens with zero attached hydrogens (tertiary/aromatic N) is 2. The quantitative estimate of drug-likeness (QED) is 0.389. The van der Waals surface area contributed by atoms with Gasteiger partial charge < -0.3 is 5.32 Å². The van der Waals surface area contributed by atoms with E-state index in [4.69, 9.17) is 0 Å². The number of thiazole rings is 1. The minimum Gasteiger partial charge on any atom is -0.321 e. The van der Waals surface area contributed by atoms with Gasteiger partial charge in [-0.1, -0.05) is 36.4 Å². The fourth-order valence-corrected chi connectivity index (χ4v) is 6.03. The molecule has 4 rings (SSSR count). The zero-order chi connectivity index (χ0) is 22.7. The normalized spacial score (nSPS) is 11.6. The van der Waals surface area contributed by atoms with Crippen LogP contribution in [0.15, 0.2) is 77.0 Å². The van der Waals surface area contributed by atoms with Crippen LogP contribution in [0.1, 0.15) is 20.9 Å². The SMILES string of the molecule is Cc1nc(-c2cccs2)sc1C(=O)Nc1ccc(S(=O)(=O)N(C)Cc2ccccc2)cc1. The molecule has 0 fully saturated rings. The number of nitrogens with one attached hydrogen (secondary N) is 1. The first kappa shape index (κ1) is 22.3. The van der Waals surface area contributed by atoms with Crippen LogP contribution in [0.25, 0.3) is 9.88 Å². The molecule has 0 aliphatic rings. The molecule has 32 heavy (non-hydrogen) atoms. The average Bonchev–Trinajstić information content (AvgIpc) is 3.44. The highest BCUT2D eigenvalue weighted by molar-refractivity contribution is 7.89. The van der Waals surface area contributed by atoms with Gasteiger partial charge in [0.05, 0.1) is 15.5 Å². The summed E-state index contributed by atoms with van der Waals surface area (Å²) in [5, 5.41) is 5.61. The number of carbonyl (C=O) groups excluding carboxylic acids is 1. The molecule has 0 bridgehead atoms. The van der Waals surface area contributed by atoms with E-state index in [1.165, 1.54) is 27.8 Å². The van der Waals surface area contributed by atoms with Gasteiger partial charge in [-0.15, -0.1) is 22.7 Å². The maximum Gasteiger partial charge on any atom is 0.267 e. The molecule has 2 aromatic carbocycles. The number of anilines is 1. The second-order valence-corrected chi connectivity index (χ2v) is 11.1. The zero-order valence-corrected chi connectivity index (χ0v) is 19.9. The van der Waals surface area contributed by atoms with Crippen LogP contribution in [0.5, 0.6) is 0 Å². The second kappa shape index (κ2) is 9.33. The number of hydrogen-bond donors (Lipinski definition) is 1. The van der Waals surface area contributed by atoms with E-state index < -0.39 is 10.0 Å². The van der Waals surface area contributed by atoms with Crippen molar-refractivity contribution in [2.45, 2.75) is 18.4 Å². The Balaban J connectivity index is 1.46. The molecule has 2 aromatic heterocycles. The van der Waals surface area contributed by atoms with Gasteiger partial charge in [-0.05, 0) is 48.2 Å². The van der Waals surface area contributed by atoms with Crippen LogP contribution in [0.2, 0.25) is 0 Å². The molecule has 2 heterocycles. The minimum absolute atomic E-state index is 0.169. The van der Waals surface area contributed by atoms with Gasteiger partial charge in [0.2, 0.25) is 10.0 Å². The van der Waals surface area contributed by atoms with Crippen LogP contribution in [-0.4, -0.2) is 30.7 Å². The lowest BCUT2D eigenvalue weighted by Crippen LogP contribution is -2.26. The van der Waals surface area contributed by atoms with Gasteiger partial charge in [0.15, 0.2) is 0 Å². The summed E-state index contributed by atoms with van der Waals surface area (Å²) in [6, 6.07) is 19.5. The lowest BCUT2D eigenvalue weighted by Gasteiger charge is -2.17. The van der Waals surface area contributed by atoms with Crippen molar-refractivity contribution in [3.05, 3.63) is 88.2 Å². The molecule has 9 heteroatoms. The molecule has 0 saturated carbocycles. The zero-order valence-electron chi connectivity index (χ0n) is 17.5. The summed E-state index contributed by atoms with van der Waals surface area (Å²) in [7, 11) is -2.10. The van der Waals surface area contributed by atoms with E-state index in [1.807, 2.05) is 47.8 Å². The summed E-state index contributed by atoms with van der Waals surface area (Å²) < 4.78 is 27.1. The van der Waals surface area contributed by atoms with E-state index in [0.717, 1.165) is 15.4 Å². The summed E-state index contributed by atoms with van der Waals surface area (Å²) in [4.78, 5) is 19.0. The number of benzene rings is 2. The Hall–Kier alpha value is -2.85. The third-order valence-corrected chi connectivity index (χ3v) is 8.82. The topological polar surface area (TPSA) is 79.4 Å². The maximum atomic E-state index is 12.9. The fourth-order valence-electron chi connectivity index (χ4n) is 3.12. The number of amides is 1. The van der Waals surface area contributed by atoms with E-state index in [2.05, 4.69) is 10.3 Å². The molecular weight excluding hydrogens is 462 g/mol. The highest BCUT2D eigenvalue weighted by Gasteiger charge is 2.21. The monoisotopic (exact) mass is 483 g/mol. The van der Waals surface area contributed by atoms with Crippen LogP contribution in [0.4, 0.5) is 5.69 Å². The highest BCUT2D eigenvalue weighted by atomic mass is 32.2. The number of rotatable bonds is 7. The van der Waals surface area contributed by atoms with E-state index in [-0.39, 0.29) is 17.3 Å². The second-order valence-electron chi connectivity index (χ2n) is 7.14. The molecule has 6 nitrogen and oxygen atoms in total. The molecule has 164 valence electrons. The number of aryl methyl sites for hydroxylation is 1. The maximum absolute atomic E-state index is 12.9. The third kappa shape index (κ3) is 4.81. The highest BCUT2D eigenvalue weighted by Crippen LogP contribution is 2.31. The van der Waals surface area contributed by atoms with Crippen molar-refractivity contribution in [3.63, 3.8) is 0 Å². The number of hydrogen-bond acceptors (Lipinski definition) is 6.